The van der Waals surface area contributed by atoms with Gasteiger partial charge in [0.1, 0.15) is 12.7 Å². The number of esters is 4. The van der Waals surface area contributed by atoms with E-state index >= 15 is 0 Å². The Balaban J connectivity index is 1.96. The molecule has 1 aliphatic rings. The summed E-state index contributed by atoms with van der Waals surface area (Å²) in [5.41, 5.74) is 2.84. The standard InChI is InChI=1S/C25H31N3O9/c1-6-18-7-9-19(10-8-18)11-20-12-28(27-26-20)25-24(36-17(5)32)23(35-16(4)31)22(34-15(3)30)21(37-25)13-33-14(2)29/h7-10,12,21-25H,6,11,13H2,1-5H3/t21?,22-,23?,24-,25?/m1/s1. The Hall–Kier alpha value is -3.80. The zero-order valence-electron chi connectivity index (χ0n) is 21.4. The fourth-order valence-corrected chi connectivity index (χ4v) is 4.04. The third kappa shape index (κ3) is 7.59. The lowest BCUT2D eigenvalue weighted by molar-refractivity contribution is -0.270. The molecule has 3 rings (SSSR count). The minimum Gasteiger partial charge on any atom is -0.463 e. The number of aryl methyl sites for hydroxylation is 1. The SMILES string of the molecule is CCc1ccc(Cc2cn(C3OC(COC(C)=O)[C@@H](OC(C)=O)C(OC(C)=O)[C@H]3OC(C)=O)nn2)cc1. The Morgan fingerprint density at radius 2 is 1.41 bits per heavy atom. The Morgan fingerprint density at radius 3 is 1.97 bits per heavy atom. The summed E-state index contributed by atoms with van der Waals surface area (Å²) < 4.78 is 28.8. The smallest absolute Gasteiger partial charge is 0.303 e. The van der Waals surface area contributed by atoms with E-state index in [1.807, 2.05) is 24.3 Å². The summed E-state index contributed by atoms with van der Waals surface area (Å²) in [7, 11) is 0. The van der Waals surface area contributed by atoms with Gasteiger partial charge in [-0.25, -0.2) is 4.68 Å². The number of ether oxygens (including phenoxy) is 5. The van der Waals surface area contributed by atoms with Crippen molar-refractivity contribution >= 4 is 23.9 Å². The maximum absolute atomic E-state index is 12.0. The van der Waals surface area contributed by atoms with Crippen LogP contribution in [0, 0.1) is 0 Å². The first-order valence-corrected chi connectivity index (χ1v) is 11.9. The van der Waals surface area contributed by atoms with Crippen molar-refractivity contribution in [3.63, 3.8) is 0 Å². The first kappa shape index (κ1) is 27.8. The van der Waals surface area contributed by atoms with Gasteiger partial charge in [-0.2, -0.15) is 0 Å². The Bertz CT molecular complexity index is 1110. The highest BCUT2D eigenvalue weighted by molar-refractivity contribution is 5.68. The molecule has 0 N–H and O–H groups in total. The van der Waals surface area contributed by atoms with Gasteiger partial charge >= 0.3 is 23.9 Å². The molecule has 1 aliphatic heterocycles. The molecular formula is C25H31N3O9. The summed E-state index contributed by atoms with van der Waals surface area (Å²) in [5, 5.41) is 8.36. The van der Waals surface area contributed by atoms with Crippen LogP contribution in [0.1, 0.15) is 57.7 Å². The van der Waals surface area contributed by atoms with Crippen molar-refractivity contribution in [2.75, 3.05) is 6.61 Å². The summed E-state index contributed by atoms with van der Waals surface area (Å²) in [6.07, 6.45) is -2.94. The zero-order chi connectivity index (χ0) is 27.1. The van der Waals surface area contributed by atoms with Gasteiger partial charge in [0.05, 0.1) is 11.9 Å². The minimum atomic E-state index is -1.28. The molecule has 0 bridgehead atoms. The fourth-order valence-electron chi connectivity index (χ4n) is 4.04. The van der Waals surface area contributed by atoms with E-state index in [9.17, 15) is 19.2 Å². The van der Waals surface area contributed by atoms with E-state index in [2.05, 4.69) is 17.2 Å². The lowest BCUT2D eigenvalue weighted by Crippen LogP contribution is -2.60. The van der Waals surface area contributed by atoms with Crippen molar-refractivity contribution in [3.8, 4) is 0 Å². The molecule has 0 aliphatic carbocycles. The molecule has 0 spiro atoms. The monoisotopic (exact) mass is 517 g/mol. The van der Waals surface area contributed by atoms with Crippen molar-refractivity contribution in [1.82, 2.24) is 15.0 Å². The van der Waals surface area contributed by atoms with Crippen LogP contribution >= 0.6 is 0 Å². The normalized spacial score (nSPS) is 23.1. The van der Waals surface area contributed by atoms with Crippen LogP contribution in [0.5, 0.6) is 0 Å². The average Bonchev–Trinajstić information content (AvgIpc) is 3.28. The van der Waals surface area contributed by atoms with E-state index in [0.717, 1.165) is 18.9 Å². The molecule has 37 heavy (non-hydrogen) atoms. The number of rotatable bonds is 9. The summed E-state index contributed by atoms with van der Waals surface area (Å²) in [6, 6.07) is 8.09. The highest BCUT2D eigenvalue weighted by Gasteiger charge is 2.53. The number of carbonyl (C=O) groups is 4. The van der Waals surface area contributed by atoms with Gasteiger partial charge in [-0.15, -0.1) is 5.10 Å². The third-order valence-electron chi connectivity index (χ3n) is 5.60. The zero-order valence-corrected chi connectivity index (χ0v) is 21.4. The van der Waals surface area contributed by atoms with E-state index < -0.39 is 54.5 Å². The van der Waals surface area contributed by atoms with Gasteiger partial charge in [0, 0.05) is 34.1 Å². The van der Waals surface area contributed by atoms with Crippen molar-refractivity contribution in [3.05, 3.63) is 47.3 Å². The van der Waals surface area contributed by atoms with Crippen LogP contribution < -0.4 is 0 Å². The van der Waals surface area contributed by atoms with E-state index in [0.29, 0.717) is 12.1 Å². The molecule has 0 radical (unpaired) electrons. The van der Waals surface area contributed by atoms with Crippen molar-refractivity contribution in [2.45, 2.75) is 78.1 Å². The molecule has 5 atom stereocenters. The molecule has 1 fully saturated rings. The largest absolute Gasteiger partial charge is 0.463 e. The number of nitrogens with zero attached hydrogens (tertiary/aromatic N) is 3. The molecular weight excluding hydrogens is 486 g/mol. The molecule has 12 nitrogen and oxygen atoms in total. The second-order valence-corrected chi connectivity index (χ2v) is 8.63. The number of hydrogen-bond acceptors (Lipinski definition) is 11. The summed E-state index contributed by atoms with van der Waals surface area (Å²) in [5.74, 6) is -2.69. The quantitative estimate of drug-likeness (QED) is 0.354. The molecule has 2 heterocycles. The van der Waals surface area contributed by atoms with Crippen molar-refractivity contribution in [1.29, 1.82) is 0 Å². The van der Waals surface area contributed by atoms with Crippen LogP contribution in [-0.4, -0.2) is 69.9 Å². The predicted octanol–water partition coefficient (Wildman–Crippen LogP) is 1.69. The Morgan fingerprint density at radius 1 is 0.838 bits per heavy atom. The van der Waals surface area contributed by atoms with E-state index in [4.69, 9.17) is 23.7 Å². The van der Waals surface area contributed by atoms with Crippen LogP contribution in [0.2, 0.25) is 0 Å². The van der Waals surface area contributed by atoms with Crippen molar-refractivity contribution < 1.29 is 42.9 Å². The molecule has 200 valence electrons. The van der Waals surface area contributed by atoms with Gasteiger partial charge in [0.15, 0.2) is 24.5 Å². The summed E-state index contributed by atoms with van der Waals surface area (Å²) >= 11 is 0. The Labute approximate surface area is 214 Å². The van der Waals surface area contributed by atoms with Gasteiger partial charge in [0.25, 0.3) is 0 Å². The van der Waals surface area contributed by atoms with Gasteiger partial charge < -0.3 is 23.7 Å². The molecule has 1 aromatic heterocycles. The summed E-state index contributed by atoms with van der Waals surface area (Å²) in [6.45, 7) is 6.48. The predicted molar refractivity (Wildman–Crippen MR) is 126 cm³/mol. The highest BCUT2D eigenvalue weighted by Crippen LogP contribution is 2.34. The Kier molecular flexibility index (Phi) is 9.34. The second kappa shape index (κ2) is 12.4. The second-order valence-electron chi connectivity index (χ2n) is 8.63. The summed E-state index contributed by atoms with van der Waals surface area (Å²) in [4.78, 5) is 47.3. The first-order chi connectivity index (χ1) is 17.6. The van der Waals surface area contributed by atoms with Gasteiger partial charge in [-0.3, -0.25) is 19.2 Å². The van der Waals surface area contributed by atoms with Gasteiger partial charge in [-0.1, -0.05) is 36.4 Å². The molecule has 12 heteroatoms. The molecule has 3 unspecified atom stereocenters. The van der Waals surface area contributed by atoms with E-state index in [-0.39, 0.29) is 6.61 Å². The molecule has 1 aromatic carbocycles. The fraction of sp³-hybridized carbons (Fsp3) is 0.520. The number of benzene rings is 1. The third-order valence-corrected chi connectivity index (χ3v) is 5.60. The maximum atomic E-state index is 12.0. The van der Waals surface area contributed by atoms with Crippen LogP contribution in [0.25, 0.3) is 0 Å². The molecule has 1 saturated heterocycles. The van der Waals surface area contributed by atoms with Crippen molar-refractivity contribution in [2.24, 2.45) is 0 Å². The van der Waals surface area contributed by atoms with Gasteiger partial charge in [-0.05, 0) is 17.5 Å². The van der Waals surface area contributed by atoms with Crippen LogP contribution in [-0.2, 0) is 55.7 Å². The lowest BCUT2D eigenvalue weighted by atomic mass is 9.97. The number of carbonyl (C=O) groups excluding carboxylic acids is 4. The molecule has 0 amide bonds. The van der Waals surface area contributed by atoms with Gasteiger partial charge in [0.2, 0.25) is 0 Å². The van der Waals surface area contributed by atoms with E-state index in [1.165, 1.54) is 31.0 Å². The molecule has 0 saturated carbocycles. The van der Waals surface area contributed by atoms with Crippen LogP contribution in [0.3, 0.4) is 0 Å². The minimum absolute atomic E-state index is 0.320. The lowest BCUT2D eigenvalue weighted by Gasteiger charge is -2.44. The molecule has 2 aromatic rings. The first-order valence-electron chi connectivity index (χ1n) is 11.9. The average molecular weight is 518 g/mol. The number of hydrogen-bond donors (Lipinski definition) is 0. The highest BCUT2D eigenvalue weighted by atomic mass is 16.7. The maximum Gasteiger partial charge on any atom is 0.303 e. The van der Waals surface area contributed by atoms with Crippen LogP contribution in [0.15, 0.2) is 30.5 Å². The number of aromatic nitrogens is 3. The van der Waals surface area contributed by atoms with E-state index in [1.54, 1.807) is 6.20 Å². The van der Waals surface area contributed by atoms with Crippen LogP contribution in [0.4, 0.5) is 0 Å². The topological polar surface area (TPSA) is 145 Å².